The van der Waals surface area contributed by atoms with Crippen LogP contribution in [0.2, 0.25) is 0 Å². The van der Waals surface area contributed by atoms with E-state index in [1.807, 2.05) is 6.92 Å². The SMILES string of the molecule is C[C@]12CC[C@](C(=O)O)(CO1)C2. The van der Waals surface area contributed by atoms with Crippen LogP contribution in [0.3, 0.4) is 0 Å². The molecule has 2 aliphatic rings. The molecular weight excluding hydrogens is 144 g/mol. The first-order chi connectivity index (χ1) is 5.06. The average Bonchev–Trinajstić information content (AvgIpc) is 2.42. The third kappa shape index (κ3) is 0.805. The summed E-state index contributed by atoms with van der Waals surface area (Å²) < 4.78 is 5.42. The van der Waals surface area contributed by atoms with Crippen LogP contribution in [-0.2, 0) is 9.53 Å². The number of hydrogen-bond donors (Lipinski definition) is 1. The highest BCUT2D eigenvalue weighted by atomic mass is 16.5. The van der Waals surface area contributed by atoms with Crippen LogP contribution in [0, 0.1) is 5.41 Å². The first-order valence-electron chi connectivity index (χ1n) is 3.94. The van der Waals surface area contributed by atoms with Gasteiger partial charge in [0.25, 0.3) is 0 Å². The van der Waals surface area contributed by atoms with Gasteiger partial charge in [0.2, 0.25) is 0 Å². The van der Waals surface area contributed by atoms with Crippen molar-refractivity contribution in [2.24, 2.45) is 5.41 Å². The average molecular weight is 156 g/mol. The smallest absolute Gasteiger partial charge is 0.312 e. The molecule has 2 fully saturated rings. The summed E-state index contributed by atoms with van der Waals surface area (Å²) in [7, 11) is 0. The van der Waals surface area contributed by atoms with Crippen molar-refractivity contribution in [1.82, 2.24) is 0 Å². The van der Waals surface area contributed by atoms with Gasteiger partial charge < -0.3 is 9.84 Å². The highest BCUT2D eigenvalue weighted by Crippen LogP contribution is 2.52. The normalized spacial score (nSPS) is 48.1. The predicted molar refractivity (Wildman–Crippen MR) is 38.3 cm³/mol. The number of carboxylic acid groups (broad SMARTS) is 1. The Hall–Kier alpha value is -0.570. The van der Waals surface area contributed by atoms with Gasteiger partial charge in [-0.05, 0) is 26.2 Å². The fourth-order valence-corrected chi connectivity index (χ4v) is 2.20. The minimum atomic E-state index is -0.682. The van der Waals surface area contributed by atoms with Crippen molar-refractivity contribution in [2.75, 3.05) is 6.61 Å². The number of rotatable bonds is 1. The molecule has 2 atom stereocenters. The first-order valence-corrected chi connectivity index (χ1v) is 3.94. The monoisotopic (exact) mass is 156 g/mol. The highest BCUT2D eigenvalue weighted by Gasteiger charge is 2.57. The molecule has 0 aromatic carbocycles. The van der Waals surface area contributed by atoms with E-state index in [9.17, 15) is 4.79 Å². The van der Waals surface area contributed by atoms with Gasteiger partial charge in [-0.2, -0.15) is 0 Å². The van der Waals surface area contributed by atoms with Crippen LogP contribution in [0.15, 0.2) is 0 Å². The molecule has 0 amide bonds. The fraction of sp³-hybridized carbons (Fsp3) is 0.875. The van der Waals surface area contributed by atoms with Gasteiger partial charge in [-0.25, -0.2) is 0 Å². The zero-order valence-corrected chi connectivity index (χ0v) is 6.59. The summed E-state index contributed by atoms with van der Waals surface area (Å²) in [6.07, 6.45) is 2.40. The van der Waals surface area contributed by atoms with E-state index in [0.717, 1.165) is 12.8 Å². The lowest BCUT2D eigenvalue weighted by molar-refractivity contribution is -0.150. The summed E-state index contributed by atoms with van der Waals surface area (Å²) in [5, 5.41) is 8.92. The van der Waals surface area contributed by atoms with Crippen molar-refractivity contribution in [3.05, 3.63) is 0 Å². The predicted octanol–water partition coefficient (Wildman–Crippen LogP) is 1.03. The van der Waals surface area contributed by atoms with E-state index in [1.165, 1.54) is 0 Å². The standard InChI is InChI=1S/C8H12O3/c1-7-2-3-8(4-7,5-11-7)6(9)10/h2-5H2,1H3,(H,9,10)/t7-,8-/m1/s1. The second-order valence-electron chi connectivity index (χ2n) is 4.00. The first kappa shape index (κ1) is 7.10. The van der Waals surface area contributed by atoms with Crippen molar-refractivity contribution in [3.8, 4) is 0 Å². The zero-order chi connectivity index (χ0) is 8.11. The van der Waals surface area contributed by atoms with E-state index in [2.05, 4.69) is 0 Å². The highest BCUT2D eigenvalue weighted by molar-refractivity contribution is 5.76. The number of carboxylic acids is 1. The van der Waals surface area contributed by atoms with Gasteiger partial charge >= 0.3 is 5.97 Å². The molecule has 3 heteroatoms. The molecule has 1 saturated carbocycles. The minimum absolute atomic E-state index is 0.127. The Bertz CT molecular complexity index is 201. The van der Waals surface area contributed by atoms with E-state index in [4.69, 9.17) is 9.84 Å². The van der Waals surface area contributed by atoms with Gasteiger partial charge in [0.1, 0.15) is 0 Å². The molecular formula is C8H12O3. The fourth-order valence-electron chi connectivity index (χ4n) is 2.20. The molecule has 0 aromatic rings. The molecule has 0 aromatic heterocycles. The lowest BCUT2D eigenvalue weighted by Crippen LogP contribution is -2.30. The van der Waals surface area contributed by atoms with Crippen molar-refractivity contribution >= 4 is 5.97 Å². The Morgan fingerprint density at radius 1 is 1.55 bits per heavy atom. The summed E-state index contributed by atoms with van der Waals surface area (Å²) >= 11 is 0. The topological polar surface area (TPSA) is 46.5 Å². The van der Waals surface area contributed by atoms with Crippen LogP contribution < -0.4 is 0 Å². The molecule has 2 bridgehead atoms. The van der Waals surface area contributed by atoms with Crippen LogP contribution in [0.5, 0.6) is 0 Å². The molecule has 1 aliphatic carbocycles. The third-order valence-electron chi connectivity index (χ3n) is 3.00. The van der Waals surface area contributed by atoms with Gasteiger partial charge in [0.15, 0.2) is 0 Å². The maximum absolute atomic E-state index is 10.8. The lowest BCUT2D eigenvalue weighted by atomic mass is 9.88. The molecule has 0 radical (unpaired) electrons. The quantitative estimate of drug-likeness (QED) is 0.616. The number of carbonyl (C=O) groups is 1. The van der Waals surface area contributed by atoms with Gasteiger partial charge in [-0.15, -0.1) is 0 Å². The lowest BCUT2D eigenvalue weighted by Gasteiger charge is -2.22. The summed E-state index contributed by atoms with van der Waals surface area (Å²) in [5.74, 6) is -0.682. The second-order valence-corrected chi connectivity index (χ2v) is 4.00. The Balaban J connectivity index is 2.27. The second kappa shape index (κ2) is 1.78. The maximum atomic E-state index is 10.8. The van der Waals surface area contributed by atoms with E-state index < -0.39 is 11.4 Å². The number of fused-ring (bicyclic) bond motifs is 2. The largest absolute Gasteiger partial charge is 0.481 e. The Labute approximate surface area is 65.4 Å². The van der Waals surface area contributed by atoms with Crippen LogP contribution in [-0.4, -0.2) is 23.3 Å². The molecule has 1 N–H and O–H groups in total. The van der Waals surface area contributed by atoms with E-state index in [1.54, 1.807) is 0 Å². The number of ether oxygens (including phenoxy) is 1. The zero-order valence-electron chi connectivity index (χ0n) is 6.59. The van der Waals surface area contributed by atoms with Crippen LogP contribution in [0.1, 0.15) is 26.2 Å². The molecule has 0 unspecified atom stereocenters. The third-order valence-corrected chi connectivity index (χ3v) is 3.00. The van der Waals surface area contributed by atoms with Gasteiger partial charge in [0, 0.05) is 0 Å². The van der Waals surface area contributed by atoms with Gasteiger partial charge in [-0.3, -0.25) is 4.79 Å². The summed E-state index contributed by atoms with van der Waals surface area (Å²) in [6.45, 7) is 2.42. The van der Waals surface area contributed by atoms with Crippen molar-refractivity contribution < 1.29 is 14.6 Å². The molecule has 3 nitrogen and oxygen atoms in total. The van der Waals surface area contributed by atoms with Crippen molar-refractivity contribution in [3.63, 3.8) is 0 Å². The van der Waals surface area contributed by atoms with E-state index in [0.29, 0.717) is 13.0 Å². The maximum Gasteiger partial charge on any atom is 0.312 e. The summed E-state index contributed by atoms with van der Waals surface area (Å²) in [6, 6.07) is 0. The molecule has 1 aliphatic heterocycles. The van der Waals surface area contributed by atoms with Gasteiger partial charge in [0.05, 0.1) is 17.6 Å². The summed E-state index contributed by atoms with van der Waals surface area (Å²) in [5.41, 5.74) is -0.660. The Morgan fingerprint density at radius 2 is 2.27 bits per heavy atom. The molecule has 62 valence electrons. The molecule has 1 saturated heterocycles. The molecule has 11 heavy (non-hydrogen) atoms. The molecule has 0 spiro atoms. The number of hydrogen-bond acceptors (Lipinski definition) is 2. The Morgan fingerprint density at radius 3 is 2.45 bits per heavy atom. The van der Waals surface area contributed by atoms with Crippen molar-refractivity contribution in [2.45, 2.75) is 31.8 Å². The van der Waals surface area contributed by atoms with Crippen LogP contribution >= 0.6 is 0 Å². The number of aliphatic carboxylic acids is 1. The summed E-state index contributed by atoms with van der Waals surface area (Å²) in [4.78, 5) is 10.8. The van der Waals surface area contributed by atoms with Crippen molar-refractivity contribution in [1.29, 1.82) is 0 Å². The Kier molecular flexibility index (Phi) is 1.15. The van der Waals surface area contributed by atoms with E-state index in [-0.39, 0.29) is 5.60 Å². The van der Waals surface area contributed by atoms with E-state index >= 15 is 0 Å². The molecule has 2 rings (SSSR count). The molecule has 1 heterocycles. The van der Waals surface area contributed by atoms with Gasteiger partial charge in [-0.1, -0.05) is 0 Å². The van der Waals surface area contributed by atoms with Crippen LogP contribution in [0.4, 0.5) is 0 Å². The minimum Gasteiger partial charge on any atom is -0.481 e. The van der Waals surface area contributed by atoms with Crippen LogP contribution in [0.25, 0.3) is 0 Å².